The average Bonchev–Trinajstić information content (AvgIpc) is 2.70. The molecule has 0 heterocycles. The lowest BCUT2D eigenvalue weighted by molar-refractivity contribution is -0.168. The van der Waals surface area contributed by atoms with Crippen molar-refractivity contribution in [2.75, 3.05) is 6.61 Å². The molecular weight excluding hydrogens is 428 g/mol. The van der Waals surface area contributed by atoms with Gasteiger partial charge in [-0.1, -0.05) is 59.5 Å². The fourth-order valence-electron chi connectivity index (χ4n) is 7.13. The van der Waals surface area contributed by atoms with Crippen LogP contribution >= 0.6 is 15.9 Å². The van der Waals surface area contributed by atoms with E-state index in [2.05, 4.69) is 28.1 Å². The van der Waals surface area contributed by atoms with Crippen LogP contribution in [0.5, 0.6) is 0 Å². The molecule has 1 aromatic rings. The Labute approximate surface area is 182 Å². The molecule has 0 unspecified atom stereocenters. The molecule has 0 amide bonds. The van der Waals surface area contributed by atoms with Crippen LogP contribution in [0.15, 0.2) is 24.3 Å². The van der Waals surface area contributed by atoms with Crippen molar-refractivity contribution in [3.63, 3.8) is 0 Å². The molecule has 0 radical (unpaired) electrons. The maximum Gasteiger partial charge on any atom is 0.312 e. The minimum atomic E-state index is -0.362. The molecule has 6 rings (SSSR count). The lowest BCUT2D eigenvalue weighted by Gasteiger charge is -2.58. The van der Waals surface area contributed by atoms with Crippen LogP contribution in [-0.2, 0) is 9.53 Å². The van der Waals surface area contributed by atoms with E-state index in [0.29, 0.717) is 23.3 Å². The third kappa shape index (κ3) is 3.82. The van der Waals surface area contributed by atoms with Crippen molar-refractivity contribution in [3.8, 4) is 0 Å². The van der Waals surface area contributed by atoms with Crippen LogP contribution in [0.3, 0.4) is 0 Å². The first-order valence-corrected chi connectivity index (χ1v) is 12.2. The minimum absolute atomic E-state index is 0.0909. The normalized spacial score (nSPS) is 36.2. The first-order valence-electron chi connectivity index (χ1n) is 11.4. The van der Waals surface area contributed by atoms with Crippen LogP contribution in [0.1, 0.15) is 92.5 Å². The summed E-state index contributed by atoms with van der Waals surface area (Å²) in [6.07, 6.45) is 12.9. The predicted octanol–water partition coefficient (Wildman–Crippen LogP) is 6.19. The second kappa shape index (κ2) is 7.51. The second-order valence-electron chi connectivity index (χ2n) is 10.3. The highest BCUT2D eigenvalue weighted by Gasteiger charge is 2.60. The highest BCUT2D eigenvalue weighted by Crippen LogP contribution is 2.64. The summed E-state index contributed by atoms with van der Waals surface area (Å²) >= 11 is 3.94. The number of hydrogen-bond donors (Lipinski definition) is 0. The van der Waals surface area contributed by atoms with Gasteiger partial charge in [-0.05, 0) is 74.7 Å². The number of hydrogen-bond acceptors (Lipinski definition) is 3. The summed E-state index contributed by atoms with van der Waals surface area (Å²) in [5.41, 5.74) is 1.63. The van der Waals surface area contributed by atoms with Crippen molar-refractivity contribution in [2.24, 2.45) is 17.3 Å². The Morgan fingerprint density at radius 1 is 0.966 bits per heavy atom. The second-order valence-corrected chi connectivity index (χ2v) is 12.0. The maximum absolute atomic E-state index is 13.0. The Balaban J connectivity index is 1.20. The van der Waals surface area contributed by atoms with Gasteiger partial charge in [-0.2, -0.15) is 0 Å². The fraction of sp³-hybridized carbons (Fsp3) is 0.680. The van der Waals surface area contributed by atoms with Crippen molar-refractivity contribution in [1.29, 1.82) is 0 Å². The Morgan fingerprint density at radius 2 is 1.62 bits per heavy atom. The van der Waals surface area contributed by atoms with E-state index < -0.39 is 0 Å². The van der Waals surface area contributed by atoms with Crippen molar-refractivity contribution >= 4 is 27.7 Å². The van der Waals surface area contributed by atoms with E-state index in [1.807, 2.05) is 12.1 Å². The van der Waals surface area contributed by atoms with E-state index in [4.69, 9.17) is 4.74 Å². The van der Waals surface area contributed by atoms with Gasteiger partial charge in [-0.3, -0.25) is 9.59 Å². The highest BCUT2D eigenvalue weighted by atomic mass is 79.9. The maximum atomic E-state index is 13.0. The standard InChI is InChI=1S/C25H31BrO3/c26-25-13-17-10-18(14-25)12-24(11-17,16-25)23(28)29-15-22(27)21-8-6-20(7-9-21)19-4-2-1-3-5-19/h6-9,17-19H,1-5,10-16H2/t17-,18-,24?,25?/m1/s1. The average molecular weight is 459 g/mol. The van der Waals surface area contributed by atoms with E-state index in [1.165, 1.54) is 56.9 Å². The third-order valence-electron chi connectivity index (χ3n) is 8.07. The van der Waals surface area contributed by atoms with Gasteiger partial charge in [0, 0.05) is 9.89 Å². The molecule has 0 saturated heterocycles. The zero-order chi connectivity index (χ0) is 20.1. The number of alkyl halides is 1. The smallest absolute Gasteiger partial charge is 0.312 e. The van der Waals surface area contributed by atoms with E-state index in [0.717, 1.165) is 19.3 Å². The highest BCUT2D eigenvalue weighted by molar-refractivity contribution is 9.10. The molecule has 5 aliphatic rings. The van der Waals surface area contributed by atoms with Crippen LogP contribution in [-0.4, -0.2) is 22.7 Å². The molecule has 3 nitrogen and oxygen atoms in total. The molecule has 5 fully saturated rings. The van der Waals surface area contributed by atoms with Gasteiger partial charge < -0.3 is 4.74 Å². The number of ether oxygens (including phenoxy) is 1. The molecule has 29 heavy (non-hydrogen) atoms. The summed E-state index contributed by atoms with van der Waals surface area (Å²) < 4.78 is 5.75. The van der Waals surface area contributed by atoms with Crippen LogP contribution in [0, 0.1) is 17.3 Å². The number of Topliss-reactive ketones (excluding diaryl/α,β-unsaturated/α-hetero) is 1. The summed E-state index contributed by atoms with van der Waals surface area (Å²) in [4.78, 5) is 25.7. The van der Waals surface area contributed by atoms with Gasteiger partial charge >= 0.3 is 5.97 Å². The monoisotopic (exact) mass is 458 g/mol. The van der Waals surface area contributed by atoms with Crippen molar-refractivity contribution in [2.45, 2.75) is 80.9 Å². The molecular formula is C25H31BrO3. The Hall–Kier alpha value is -1.16. The molecule has 4 heteroatoms. The lowest BCUT2D eigenvalue weighted by Crippen LogP contribution is -2.56. The van der Waals surface area contributed by atoms with Gasteiger partial charge in [0.1, 0.15) is 0 Å². The molecule has 1 aromatic carbocycles. The van der Waals surface area contributed by atoms with E-state index in [1.54, 1.807) is 0 Å². The first-order chi connectivity index (χ1) is 13.9. The van der Waals surface area contributed by atoms with Crippen LogP contribution in [0.25, 0.3) is 0 Å². The Bertz CT molecular complexity index is 779. The molecule has 0 N–H and O–H groups in total. The molecule has 5 saturated carbocycles. The zero-order valence-electron chi connectivity index (χ0n) is 17.1. The van der Waals surface area contributed by atoms with Crippen LogP contribution in [0.4, 0.5) is 0 Å². The number of ketones is 1. The summed E-state index contributed by atoms with van der Waals surface area (Å²) in [6.45, 7) is -0.131. The number of esters is 1. The van der Waals surface area contributed by atoms with E-state index in [9.17, 15) is 9.59 Å². The molecule has 4 bridgehead atoms. The van der Waals surface area contributed by atoms with Crippen molar-refractivity contribution in [1.82, 2.24) is 0 Å². The van der Waals surface area contributed by atoms with Gasteiger partial charge in [-0.25, -0.2) is 0 Å². The van der Waals surface area contributed by atoms with E-state index in [-0.39, 0.29) is 28.1 Å². The number of rotatable bonds is 5. The summed E-state index contributed by atoms with van der Waals surface area (Å²) in [5.74, 6) is 1.67. The quantitative estimate of drug-likeness (QED) is 0.299. The first kappa shape index (κ1) is 19.8. The van der Waals surface area contributed by atoms with Gasteiger partial charge in [-0.15, -0.1) is 0 Å². The van der Waals surface area contributed by atoms with Gasteiger partial charge in [0.15, 0.2) is 12.4 Å². The SMILES string of the molecule is O=C(COC(=O)C12C[C@H]3C[C@@H](CC(Br)(C3)C1)C2)c1ccc(C2CCCCC2)cc1. The predicted molar refractivity (Wildman–Crippen MR) is 116 cm³/mol. The van der Waals surface area contributed by atoms with Gasteiger partial charge in [0.25, 0.3) is 0 Å². The number of benzene rings is 1. The van der Waals surface area contributed by atoms with Crippen LogP contribution in [0.2, 0.25) is 0 Å². The molecule has 0 aromatic heterocycles. The molecule has 2 atom stereocenters. The lowest BCUT2D eigenvalue weighted by atomic mass is 9.49. The topological polar surface area (TPSA) is 43.4 Å². The molecule has 0 aliphatic heterocycles. The molecule has 0 spiro atoms. The van der Waals surface area contributed by atoms with Gasteiger partial charge in [0.2, 0.25) is 0 Å². The molecule has 156 valence electrons. The fourth-order valence-corrected chi connectivity index (χ4v) is 8.59. The summed E-state index contributed by atoms with van der Waals surface area (Å²) in [5, 5.41) is 0. The Kier molecular flexibility index (Phi) is 5.13. The largest absolute Gasteiger partial charge is 0.457 e. The van der Waals surface area contributed by atoms with Crippen LogP contribution < -0.4 is 0 Å². The number of carbonyl (C=O) groups is 2. The Morgan fingerprint density at radius 3 is 2.24 bits per heavy atom. The van der Waals surface area contributed by atoms with Crippen molar-refractivity contribution in [3.05, 3.63) is 35.4 Å². The van der Waals surface area contributed by atoms with Gasteiger partial charge in [0.05, 0.1) is 5.41 Å². The summed E-state index contributed by atoms with van der Waals surface area (Å²) in [6, 6.07) is 8.02. The van der Waals surface area contributed by atoms with E-state index >= 15 is 0 Å². The third-order valence-corrected chi connectivity index (χ3v) is 8.99. The molecule has 5 aliphatic carbocycles. The zero-order valence-corrected chi connectivity index (χ0v) is 18.7. The number of carbonyl (C=O) groups excluding carboxylic acids is 2. The summed E-state index contributed by atoms with van der Waals surface area (Å²) in [7, 11) is 0. The van der Waals surface area contributed by atoms with Crippen molar-refractivity contribution < 1.29 is 14.3 Å². The minimum Gasteiger partial charge on any atom is -0.457 e. The number of halogens is 1.